The van der Waals surface area contributed by atoms with Gasteiger partial charge < -0.3 is 9.47 Å². The molecular weight excluding hydrogens is 404 g/mol. The number of anilines is 1. The molecule has 0 unspecified atom stereocenters. The summed E-state index contributed by atoms with van der Waals surface area (Å²) in [6.07, 6.45) is 2.96. The highest BCUT2D eigenvalue weighted by molar-refractivity contribution is 6.35. The first-order valence-corrected chi connectivity index (χ1v) is 10.0. The highest BCUT2D eigenvalue weighted by Crippen LogP contribution is 2.32. The number of nitrogens with zero attached hydrogens (tertiary/aromatic N) is 4. The molecule has 0 spiro atoms. The molecule has 0 fully saturated rings. The predicted molar refractivity (Wildman–Crippen MR) is 118 cm³/mol. The highest BCUT2D eigenvalue weighted by Gasteiger charge is 2.26. The van der Waals surface area contributed by atoms with E-state index in [0.29, 0.717) is 16.4 Å². The highest BCUT2D eigenvalue weighted by atomic mass is 35.5. The molecule has 0 aliphatic heterocycles. The van der Waals surface area contributed by atoms with Crippen LogP contribution < -0.4 is 9.64 Å². The molecule has 30 heavy (non-hydrogen) atoms. The molecule has 0 radical (unpaired) electrons. The Morgan fingerprint density at radius 3 is 2.57 bits per heavy atom. The Morgan fingerprint density at radius 1 is 1.23 bits per heavy atom. The molecule has 3 rings (SSSR count). The number of benzene rings is 1. The summed E-state index contributed by atoms with van der Waals surface area (Å²) in [7, 11) is 3.46. The molecular formula is C22H27ClN4O3. The molecule has 1 aromatic carbocycles. The molecule has 0 atom stereocenters. The lowest BCUT2D eigenvalue weighted by molar-refractivity contribution is 0.0577. The average molecular weight is 431 g/mol. The molecule has 0 N–H and O–H groups in total. The second-order valence-electron chi connectivity index (χ2n) is 8.24. The van der Waals surface area contributed by atoms with Crippen LogP contribution in [0.4, 0.5) is 10.5 Å². The van der Waals surface area contributed by atoms with Gasteiger partial charge in [-0.2, -0.15) is 5.10 Å². The van der Waals surface area contributed by atoms with Gasteiger partial charge in [-0.1, -0.05) is 11.6 Å². The van der Waals surface area contributed by atoms with E-state index in [-0.39, 0.29) is 6.54 Å². The van der Waals surface area contributed by atoms with Crippen LogP contribution in [0.3, 0.4) is 0 Å². The first kappa shape index (κ1) is 21.9. The topological polar surface area (TPSA) is 69.5 Å². The quantitative estimate of drug-likeness (QED) is 0.569. The third-order valence-corrected chi connectivity index (χ3v) is 5.10. The number of aryl methyl sites for hydroxylation is 2. The number of ether oxygens (including phenoxy) is 2. The molecule has 8 heteroatoms. The zero-order chi connectivity index (χ0) is 22.2. The fourth-order valence-electron chi connectivity index (χ4n) is 3.31. The second-order valence-corrected chi connectivity index (χ2v) is 8.65. The Kier molecular flexibility index (Phi) is 5.94. The van der Waals surface area contributed by atoms with Crippen molar-refractivity contribution in [2.24, 2.45) is 7.05 Å². The van der Waals surface area contributed by atoms with Crippen molar-refractivity contribution in [1.29, 1.82) is 0 Å². The maximum absolute atomic E-state index is 13.1. The van der Waals surface area contributed by atoms with Crippen molar-refractivity contribution in [3.05, 3.63) is 46.4 Å². The SMILES string of the molecule is COc1c(C)cnc(CN(C(=O)OC(C)(C)C)c2cc(Cl)c3cnn(C)c3c2)c1C. The smallest absolute Gasteiger partial charge is 0.415 e. The number of hydrogen-bond donors (Lipinski definition) is 0. The van der Waals surface area contributed by atoms with E-state index in [1.54, 1.807) is 30.3 Å². The number of carbonyl (C=O) groups is 1. The van der Waals surface area contributed by atoms with E-state index in [1.807, 2.05) is 47.7 Å². The Balaban J connectivity index is 2.10. The van der Waals surface area contributed by atoms with E-state index in [2.05, 4.69) is 10.1 Å². The Hall–Kier alpha value is -2.80. The number of rotatable bonds is 4. The van der Waals surface area contributed by atoms with Crippen LogP contribution >= 0.6 is 11.6 Å². The first-order valence-electron chi connectivity index (χ1n) is 9.62. The second kappa shape index (κ2) is 8.14. The minimum Gasteiger partial charge on any atom is -0.496 e. The van der Waals surface area contributed by atoms with Gasteiger partial charge >= 0.3 is 6.09 Å². The van der Waals surface area contributed by atoms with Crippen LogP contribution in [0.25, 0.3) is 10.9 Å². The van der Waals surface area contributed by atoms with Crippen LogP contribution in [0.5, 0.6) is 5.75 Å². The minimum atomic E-state index is -0.650. The number of fused-ring (bicyclic) bond motifs is 1. The molecule has 0 aliphatic rings. The predicted octanol–water partition coefficient (Wildman–Crippen LogP) is 5.19. The summed E-state index contributed by atoms with van der Waals surface area (Å²) in [6.45, 7) is 9.57. The largest absolute Gasteiger partial charge is 0.496 e. The summed E-state index contributed by atoms with van der Waals surface area (Å²) < 4.78 is 12.9. The monoisotopic (exact) mass is 430 g/mol. The maximum atomic E-state index is 13.1. The van der Waals surface area contributed by atoms with Crippen molar-refractivity contribution in [2.75, 3.05) is 12.0 Å². The van der Waals surface area contributed by atoms with Crippen molar-refractivity contribution < 1.29 is 14.3 Å². The molecule has 0 saturated heterocycles. The molecule has 1 amide bonds. The maximum Gasteiger partial charge on any atom is 0.415 e. The van der Waals surface area contributed by atoms with Gasteiger partial charge in [-0.15, -0.1) is 0 Å². The molecule has 2 heterocycles. The number of hydrogen-bond acceptors (Lipinski definition) is 5. The van der Waals surface area contributed by atoms with Gasteiger partial charge in [0.1, 0.15) is 11.4 Å². The summed E-state index contributed by atoms with van der Waals surface area (Å²) in [5.41, 5.74) is 3.29. The van der Waals surface area contributed by atoms with Crippen LogP contribution in [-0.2, 0) is 18.3 Å². The van der Waals surface area contributed by atoms with Crippen LogP contribution in [0.15, 0.2) is 24.5 Å². The van der Waals surface area contributed by atoms with Crippen LogP contribution in [0, 0.1) is 13.8 Å². The van der Waals surface area contributed by atoms with Crippen molar-refractivity contribution in [2.45, 2.75) is 46.8 Å². The Labute approximate surface area is 181 Å². The van der Waals surface area contributed by atoms with Crippen molar-refractivity contribution in [1.82, 2.24) is 14.8 Å². The number of aromatic nitrogens is 3. The molecule has 160 valence electrons. The lowest BCUT2D eigenvalue weighted by Crippen LogP contribution is -2.37. The fraction of sp³-hybridized carbons (Fsp3) is 0.409. The van der Waals surface area contributed by atoms with Gasteiger partial charge in [0.15, 0.2) is 0 Å². The number of amides is 1. The van der Waals surface area contributed by atoms with Gasteiger partial charge in [-0.05, 0) is 46.8 Å². The van der Waals surface area contributed by atoms with Gasteiger partial charge in [0.05, 0.1) is 41.8 Å². The molecule has 0 saturated carbocycles. The van der Waals surface area contributed by atoms with E-state index in [0.717, 1.165) is 27.8 Å². The molecule has 0 bridgehead atoms. The van der Waals surface area contributed by atoms with E-state index in [1.165, 1.54) is 4.90 Å². The zero-order valence-corrected chi connectivity index (χ0v) is 19.2. The number of methoxy groups -OCH3 is 1. The summed E-state index contributed by atoms with van der Waals surface area (Å²) in [4.78, 5) is 19.2. The van der Waals surface area contributed by atoms with E-state index < -0.39 is 11.7 Å². The summed E-state index contributed by atoms with van der Waals surface area (Å²) in [5.74, 6) is 0.754. The molecule has 3 aromatic rings. The first-order chi connectivity index (χ1) is 14.0. The van der Waals surface area contributed by atoms with E-state index in [9.17, 15) is 4.79 Å². The van der Waals surface area contributed by atoms with Gasteiger partial charge in [-0.3, -0.25) is 14.6 Å². The fourth-order valence-corrected chi connectivity index (χ4v) is 3.56. The normalized spacial score (nSPS) is 11.6. The minimum absolute atomic E-state index is 0.205. The Bertz CT molecular complexity index is 1100. The average Bonchev–Trinajstić information content (AvgIpc) is 3.01. The van der Waals surface area contributed by atoms with Crippen LogP contribution in [0.2, 0.25) is 5.02 Å². The summed E-state index contributed by atoms with van der Waals surface area (Å²) in [6, 6.07) is 3.62. The third kappa shape index (κ3) is 4.36. The van der Waals surface area contributed by atoms with E-state index in [4.69, 9.17) is 21.1 Å². The van der Waals surface area contributed by atoms with Crippen molar-refractivity contribution >= 4 is 34.3 Å². The number of carbonyl (C=O) groups excluding carboxylic acids is 1. The molecule has 0 aliphatic carbocycles. The molecule has 7 nitrogen and oxygen atoms in total. The number of halogens is 1. The summed E-state index contributed by atoms with van der Waals surface area (Å²) >= 11 is 6.49. The van der Waals surface area contributed by atoms with Crippen LogP contribution in [-0.4, -0.2) is 33.6 Å². The van der Waals surface area contributed by atoms with Crippen molar-refractivity contribution in [3.63, 3.8) is 0 Å². The van der Waals surface area contributed by atoms with E-state index >= 15 is 0 Å². The lowest BCUT2D eigenvalue weighted by Gasteiger charge is -2.28. The zero-order valence-electron chi connectivity index (χ0n) is 18.4. The number of pyridine rings is 1. The third-order valence-electron chi connectivity index (χ3n) is 4.78. The molecule has 2 aromatic heterocycles. The van der Waals surface area contributed by atoms with Gasteiger partial charge in [0.25, 0.3) is 0 Å². The van der Waals surface area contributed by atoms with Gasteiger partial charge in [0.2, 0.25) is 0 Å². The van der Waals surface area contributed by atoms with Gasteiger partial charge in [-0.25, -0.2) is 4.79 Å². The Morgan fingerprint density at radius 2 is 1.93 bits per heavy atom. The van der Waals surface area contributed by atoms with Gasteiger partial charge in [0, 0.05) is 29.8 Å². The lowest BCUT2D eigenvalue weighted by atomic mass is 10.1. The van der Waals surface area contributed by atoms with Crippen LogP contribution in [0.1, 0.15) is 37.6 Å². The standard InChI is InChI=1S/C22H27ClN4O3/c1-13-10-24-18(14(2)20(13)29-7)12-27(21(28)30-22(3,4)5)15-8-17(23)16-11-25-26(6)19(16)9-15/h8-11H,12H2,1-7H3. The van der Waals surface area contributed by atoms with Crippen molar-refractivity contribution in [3.8, 4) is 5.75 Å². The summed E-state index contributed by atoms with van der Waals surface area (Å²) in [5, 5.41) is 5.59.